The summed E-state index contributed by atoms with van der Waals surface area (Å²) < 4.78 is 38.8. The minimum Gasteiger partial charge on any atom is -0.283 e. The second-order valence-corrected chi connectivity index (χ2v) is 6.20. The number of halogens is 2. The molecule has 0 aliphatic carbocycles. The maximum atomic E-state index is 13.1. The Morgan fingerprint density at radius 2 is 2.06 bits per heavy atom. The maximum absolute atomic E-state index is 13.1. The van der Waals surface area contributed by atoms with E-state index in [4.69, 9.17) is 0 Å². The van der Waals surface area contributed by atoms with Crippen molar-refractivity contribution in [3.63, 3.8) is 0 Å². The predicted molar refractivity (Wildman–Crippen MR) is 66.5 cm³/mol. The largest absolute Gasteiger partial charge is 0.283 e. The summed E-state index contributed by atoms with van der Waals surface area (Å²) in [7, 11) is -3.33. The summed E-state index contributed by atoms with van der Waals surface area (Å²) in [5, 5.41) is 0. The van der Waals surface area contributed by atoms with Crippen molar-refractivity contribution >= 4 is 31.6 Å². The fourth-order valence-corrected chi connectivity index (χ4v) is 2.78. The van der Waals surface area contributed by atoms with E-state index in [9.17, 15) is 12.8 Å². The molecule has 0 atom stereocenters. The van der Waals surface area contributed by atoms with Gasteiger partial charge in [0, 0.05) is 0 Å². The molecular weight excluding hydrogens is 297 g/mol. The summed E-state index contributed by atoms with van der Waals surface area (Å²) in [5.41, 5.74) is 0.960. The number of nitrogens with one attached hydrogen (secondary N) is 1. The molecule has 1 aromatic carbocycles. The van der Waals surface area contributed by atoms with Gasteiger partial charge in [-0.05, 0) is 47.0 Å². The smallest absolute Gasteiger partial charge is 0.232 e. The zero-order valence-corrected chi connectivity index (χ0v) is 11.5. The standard InChI is InChI=1S/C10H13BrFNO2S/c1-3-4-16(14,15)13-10-6-8(11)9(12)5-7(10)2/h5-6,13H,3-4H2,1-2H3. The SMILES string of the molecule is CCCS(=O)(=O)Nc1cc(Br)c(F)cc1C. The average molecular weight is 310 g/mol. The molecule has 1 N–H and O–H groups in total. The van der Waals surface area contributed by atoms with Crippen LogP contribution in [0, 0.1) is 12.7 Å². The first kappa shape index (κ1) is 13.4. The molecule has 6 heteroatoms. The maximum Gasteiger partial charge on any atom is 0.232 e. The van der Waals surface area contributed by atoms with E-state index >= 15 is 0 Å². The quantitative estimate of drug-likeness (QED) is 0.929. The Morgan fingerprint density at radius 1 is 1.44 bits per heavy atom. The topological polar surface area (TPSA) is 46.2 Å². The van der Waals surface area contributed by atoms with E-state index in [-0.39, 0.29) is 10.2 Å². The zero-order chi connectivity index (χ0) is 12.3. The van der Waals surface area contributed by atoms with Crippen LogP contribution in [0.5, 0.6) is 0 Å². The Kier molecular flexibility index (Phi) is 4.32. The van der Waals surface area contributed by atoms with E-state index in [2.05, 4.69) is 20.7 Å². The van der Waals surface area contributed by atoms with E-state index < -0.39 is 15.8 Å². The van der Waals surface area contributed by atoms with E-state index in [0.717, 1.165) is 0 Å². The van der Waals surface area contributed by atoms with E-state index in [0.29, 0.717) is 17.7 Å². The van der Waals surface area contributed by atoms with Crippen LogP contribution in [0.2, 0.25) is 0 Å². The van der Waals surface area contributed by atoms with Crippen LogP contribution in [-0.2, 0) is 10.0 Å². The molecule has 1 aromatic rings. The molecule has 0 radical (unpaired) electrons. The molecule has 0 bridgehead atoms. The molecule has 0 aromatic heterocycles. The third-order valence-corrected chi connectivity index (χ3v) is 4.09. The van der Waals surface area contributed by atoms with Crippen LogP contribution in [0.15, 0.2) is 16.6 Å². The van der Waals surface area contributed by atoms with Gasteiger partial charge in [-0.3, -0.25) is 4.72 Å². The van der Waals surface area contributed by atoms with Gasteiger partial charge in [0.25, 0.3) is 0 Å². The van der Waals surface area contributed by atoms with Crippen molar-refractivity contribution in [1.82, 2.24) is 0 Å². The van der Waals surface area contributed by atoms with Gasteiger partial charge in [0.1, 0.15) is 5.82 Å². The molecule has 16 heavy (non-hydrogen) atoms. The Morgan fingerprint density at radius 3 is 2.62 bits per heavy atom. The number of aryl methyl sites for hydroxylation is 1. The Hall–Kier alpha value is -0.620. The zero-order valence-electron chi connectivity index (χ0n) is 9.05. The van der Waals surface area contributed by atoms with Gasteiger partial charge in [-0.15, -0.1) is 0 Å². The molecule has 0 heterocycles. The van der Waals surface area contributed by atoms with Gasteiger partial charge in [0.05, 0.1) is 15.9 Å². The predicted octanol–water partition coefficient (Wildman–Crippen LogP) is 3.05. The number of hydrogen-bond acceptors (Lipinski definition) is 2. The minimum absolute atomic E-state index is 0.0570. The highest BCUT2D eigenvalue weighted by molar-refractivity contribution is 9.10. The van der Waals surface area contributed by atoms with Crippen LogP contribution in [-0.4, -0.2) is 14.2 Å². The Labute approximate surface area is 103 Å². The van der Waals surface area contributed by atoms with E-state index in [1.54, 1.807) is 13.8 Å². The van der Waals surface area contributed by atoms with E-state index in [1.807, 2.05) is 0 Å². The molecule has 90 valence electrons. The van der Waals surface area contributed by atoms with Gasteiger partial charge in [-0.1, -0.05) is 6.92 Å². The van der Waals surface area contributed by atoms with Crippen LogP contribution in [0.1, 0.15) is 18.9 Å². The fraction of sp³-hybridized carbons (Fsp3) is 0.400. The van der Waals surface area contributed by atoms with Gasteiger partial charge >= 0.3 is 0 Å². The summed E-state index contributed by atoms with van der Waals surface area (Å²) in [5.74, 6) is -0.350. The molecule has 3 nitrogen and oxygen atoms in total. The molecule has 0 saturated carbocycles. The van der Waals surface area contributed by atoms with Gasteiger partial charge in [-0.25, -0.2) is 12.8 Å². The molecule has 0 saturated heterocycles. The monoisotopic (exact) mass is 309 g/mol. The third kappa shape index (κ3) is 3.45. The van der Waals surface area contributed by atoms with Crippen molar-refractivity contribution in [2.75, 3.05) is 10.5 Å². The molecule has 0 fully saturated rings. The van der Waals surface area contributed by atoms with E-state index in [1.165, 1.54) is 12.1 Å². The summed E-state index contributed by atoms with van der Waals surface area (Å²) in [4.78, 5) is 0. The summed E-state index contributed by atoms with van der Waals surface area (Å²) in [6.45, 7) is 3.44. The normalized spacial score (nSPS) is 11.5. The van der Waals surface area contributed by atoms with Gasteiger partial charge in [0.15, 0.2) is 0 Å². The highest BCUT2D eigenvalue weighted by Gasteiger charge is 2.12. The number of rotatable bonds is 4. The van der Waals surface area contributed by atoms with Crippen molar-refractivity contribution in [3.8, 4) is 0 Å². The first-order valence-corrected chi connectivity index (χ1v) is 7.26. The van der Waals surface area contributed by atoms with Crippen LogP contribution in [0.4, 0.5) is 10.1 Å². The third-order valence-electron chi connectivity index (χ3n) is 2.01. The highest BCUT2D eigenvalue weighted by atomic mass is 79.9. The van der Waals surface area contributed by atoms with Gasteiger partial charge in [-0.2, -0.15) is 0 Å². The summed E-state index contributed by atoms with van der Waals surface area (Å²) in [6.07, 6.45) is 0.538. The van der Waals surface area contributed by atoms with Crippen LogP contribution < -0.4 is 4.72 Å². The lowest BCUT2D eigenvalue weighted by Gasteiger charge is -2.10. The van der Waals surface area contributed by atoms with Crippen molar-refractivity contribution in [2.45, 2.75) is 20.3 Å². The number of benzene rings is 1. The first-order valence-electron chi connectivity index (χ1n) is 4.82. The number of anilines is 1. The lowest BCUT2D eigenvalue weighted by atomic mass is 10.2. The Bertz CT molecular complexity index is 488. The van der Waals surface area contributed by atoms with Crippen molar-refractivity contribution in [2.24, 2.45) is 0 Å². The fourth-order valence-electron chi connectivity index (χ4n) is 1.24. The average Bonchev–Trinajstić information content (AvgIpc) is 2.13. The van der Waals surface area contributed by atoms with Crippen LogP contribution in [0.25, 0.3) is 0 Å². The number of hydrogen-bond donors (Lipinski definition) is 1. The summed E-state index contributed by atoms with van der Waals surface area (Å²) >= 11 is 3.02. The first-order chi connectivity index (χ1) is 7.35. The highest BCUT2D eigenvalue weighted by Crippen LogP contribution is 2.25. The van der Waals surface area contributed by atoms with Crippen molar-refractivity contribution in [3.05, 3.63) is 28.0 Å². The lowest BCUT2D eigenvalue weighted by molar-refractivity contribution is 0.599. The molecule has 0 aliphatic heterocycles. The molecule has 0 aliphatic rings. The lowest BCUT2D eigenvalue weighted by Crippen LogP contribution is -2.16. The number of sulfonamides is 1. The molecular formula is C10H13BrFNO2S. The summed E-state index contributed by atoms with van der Waals surface area (Å²) in [6, 6.07) is 2.71. The molecule has 0 amide bonds. The second kappa shape index (κ2) is 5.14. The minimum atomic E-state index is -3.33. The van der Waals surface area contributed by atoms with Crippen molar-refractivity contribution < 1.29 is 12.8 Å². The Balaban J connectivity index is 3.03. The second-order valence-electron chi connectivity index (χ2n) is 3.50. The molecule has 0 unspecified atom stereocenters. The van der Waals surface area contributed by atoms with Crippen molar-refractivity contribution in [1.29, 1.82) is 0 Å². The van der Waals surface area contributed by atoms with Gasteiger partial charge < -0.3 is 0 Å². The molecule has 0 spiro atoms. The van der Waals surface area contributed by atoms with Crippen LogP contribution in [0.3, 0.4) is 0 Å². The van der Waals surface area contributed by atoms with Gasteiger partial charge in [0.2, 0.25) is 10.0 Å². The van der Waals surface area contributed by atoms with Crippen LogP contribution >= 0.6 is 15.9 Å². The molecule has 1 rings (SSSR count).